The Morgan fingerprint density at radius 3 is 2.48 bits per heavy atom. The van der Waals surface area contributed by atoms with Gasteiger partial charge in [0.2, 0.25) is 5.91 Å². The lowest BCUT2D eigenvalue weighted by molar-refractivity contribution is -0.121. The summed E-state index contributed by atoms with van der Waals surface area (Å²) in [5.41, 5.74) is 1.09. The highest BCUT2D eigenvalue weighted by Gasteiger charge is 2.39. The zero-order valence-electron chi connectivity index (χ0n) is 11.7. The van der Waals surface area contributed by atoms with Crippen LogP contribution in [-0.2, 0) is 9.59 Å². The Labute approximate surface area is 147 Å². The molecule has 0 unspecified atom stereocenters. The lowest BCUT2D eigenvalue weighted by Crippen LogP contribution is -2.34. The van der Waals surface area contributed by atoms with Crippen molar-refractivity contribution in [3.8, 4) is 0 Å². The standard InChI is InChI=1S/C16H11Cl3N2O2/c17-9-2-1-3-11(6-9)21-15(22)8-14(16(21)23)20-10-4-5-12(18)13(19)7-10/h1-7,14,20H,8H2/t14-/m0/s1. The number of imide groups is 1. The van der Waals surface area contributed by atoms with Gasteiger partial charge in [-0.15, -0.1) is 0 Å². The Morgan fingerprint density at radius 2 is 1.78 bits per heavy atom. The topological polar surface area (TPSA) is 49.4 Å². The normalized spacial score (nSPS) is 17.7. The van der Waals surface area contributed by atoms with Gasteiger partial charge in [-0.25, -0.2) is 4.90 Å². The van der Waals surface area contributed by atoms with Crippen LogP contribution in [0, 0.1) is 0 Å². The molecule has 3 rings (SSSR count). The van der Waals surface area contributed by atoms with Crippen LogP contribution in [0.4, 0.5) is 11.4 Å². The summed E-state index contributed by atoms with van der Waals surface area (Å²) >= 11 is 17.7. The molecule has 0 bridgehead atoms. The van der Waals surface area contributed by atoms with Gasteiger partial charge >= 0.3 is 0 Å². The van der Waals surface area contributed by atoms with Crippen LogP contribution in [-0.4, -0.2) is 17.9 Å². The van der Waals surface area contributed by atoms with Gasteiger partial charge in [0.1, 0.15) is 6.04 Å². The summed E-state index contributed by atoms with van der Waals surface area (Å²) in [5.74, 6) is -0.613. The molecule has 2 amide bonds. The third-order valence-electron chi connectivity index (χ3n) is 3.47. The number of anilines is 2. The van der Waals surface area contributed by atoms with E-state index in [9.17, 15) is 9.59 Å². The number of hydrogen-bond donors (Lipinski definition) is 1. The third-order valence-corrected chi connectivity index (χ3v) is 4.45. The maximum absolute atomic E-state index is 12.5. The van der Waals surface area contributed by atoms with Crippen molar-refractivity contribution < 1.29 is 9.59 Å². The van der Waals surface area contributed by atoms with Crippen LogP contribution in [0.15, 0.2) is 42.5 Å². The smallest absolute Gasteiger partial charge is 0.256 e. The predicted molar refractivity (Wildman–Crippen MR) is 92.4 cm³/mol. The molecule has 0 radical (unpaired) electrons. The Morgan fingerprint density at radius 1 is 1.00 bits per heavy atom. The van der Waals surface area contributed by atoms with Gasteiger partial charge in [0.15, 0.2) is 0 Å². The van der Waals surface area contributed by atoms with Crippen LogP contribution < -0.4 is 10.2 Å². The van der Waals surface area contributed by atoms with Gasteiger partial charge < -0.3 is 5.32 Å². The average molecular weight is 370 g/mol. The third kappa shape index (κ3) is 3.29. The molecule has 1 atom stereocenters. The summed E-state index contributed by atoms with van der Waals surface area (Å²) in [4.78, 5) is 25.9. The van der Waals surface area contributed by atoms with Crippen molar-refractivity contribution in [3.05, 3.63) is 57.5 Å². The van der Waals surface area contributed by atoms with Gasteiger partial charge in [0.05, 0.1) is 22.2 Å². The number of hydrogen-bond acceptors (Lipinski definition) is 3. The number of carbonyl (C=O) groups excluding carboxylic acids is 2. The summed E-state index contributed by atoms with van der Waals surface area (Å²) < 4.78 is 0. The summed E-state index contributed by atoms with van der Waals surface area (Å²) in [6.07, 6.45) is 0.0611. The molecule has 1 aliphatic rings. The SMILES string of the molecule is O=C1C[C@H](Nc2ccc(Cl)c(Cl)c2)C(=O)N1c1cccc(Cl)c1. The van der Waals surface area contributed by atoms with Crippen molar-refractivity contribution in [1.82, 2.24) is 0 Å². The second-order valence-corrected chi connectivity index (χ2v) is 6.33. The van der Waals surface area contributed by atoms with Crippen LogP contribution in [0.2, 0.25) is 15.1 Å². The monoisotopic (exact) mass is 368 g/mol. The number of rotatable bonds is 3. The molecular weight excluding hydrogens is 359 g/mol. The van der Waals surface area contributed by atoms with Gasteiger partial charge in [-0.2, -0.15) is 0 Å². The number of amides is 2. The van der Waals surface area contributed by atoms with Gasteiger partial charge in [-0.3, -0.25) is 9.59 Å². The second-order valence-electron chi connectivity index (χ2n) is 5.08. The van der Waals surface area contributed by atoms with Crippen molar-refractivity contribution in [2.24, 2.45) is 0 Å². The number of nitrogens with zero attached hydrogens (tertiary/aromatic N) is 1. The first-order valence-corrected chi connectivity index (χ1v) is 7.93. The maximum atomic E-state index is 12.5. The molecule has 0 spiro atoms. The van der Waals surface area contributed by atoms with Crippen LogP contribution in [0.5, 0.6) is 0 Å². The number of halogens is 3. The van der Waals surface area contributed by atoms with E-state index < -0.39 is 6.04 Å². The number of benzene rings is 2. The molecule has 4 nitrogen and oxygen atoms in total. The molecule has 118 valence electrons. The van der Waals surface area contributed by atoms with Crippen molar-refractivity contribution in [2.75, 3.05) is 10.2 Å². The molecular formula is C16H11Cl3N2O2. The molecule has 0 aliphatic carbocycles. The summed E-state index contributed by atoms with van der Waals surface area (Å²) in [6.45, 7) is 0. The van der Waals surface area contributed by atoms with E-state index in [1.54, 1.807) is 42.5 Å². The molecule has 7 heteroatoms. The highest BCUT2D eigenvalue weighted by molar-refractivity contribution is 6.42. The number of nitrogens with one attached hydrogen (secondary N) is 1. The predicted octanol–water partition coefficient (Wildman–Crippen LogP) is 4.39. The minimum Gasteiger partial charge on any atom is -0.373 e. The van der Waals surface area contributed by atoms with E-state index in [4.69, 9.17) is 34.8 Å². The lowest BCUT2D eigenvalue weighted by Gasteiger charge is -2.16. The van der Waals surface area contributed by atoms with Gasteiger partial charge in [0.25, 0.3) is 5.91 Å². The largest absolute Gasteiger partial charge is 0.373 e. The van der Waals surface area contributed by atoms with Crippen LogP contribution in [0.3, 0.4) is 0 Å². The van der Waals surface area contributed by atoms with E-state index in [0.29, 0.717) is 26.4 Å². The molecule has 1 N–H and O–H groups in total. The number of carbonyl (C=O) groups is 2. The van der Waals surface area contributed by atoms with Gasteiger partial charge in [0, 0.05) is 10.7 Å². The summed E-state index contributed by atoms with van der Waals surface area (Å²) in [6, 6.07) is 10.9. The Balaban J connectivity index is 1.82. The van der Waals surface area contributed by atoms with E-state index in [0.717, 1.165) is 4.90 Å². The second kappa shape index (κ2) is 6.40. The van der Waals surface area contributed by atoms with Crippen LogP contribution in [0.1, 0.15) is 6.42 Å². The summed E-state index contributed by atoms with van der Waals surface area (Å²) in [5, 5.41) is 4.28. The lowest BCUT2D eigenvalue weighted by atomic mass is 10.2. The van der Waals surface area contributed by atoms with Crippen molar-refractivity contribution in [3.63, 3.8) is 0 Å². The summed E-state index contributed by atoms with van der Waals surface area (Å²) in [7, 11) is 0. The molecule has 1 heterocycles. The Hall–Kier alpha value is -1.75. The Kier molecular flexibility index (Phi) is 4.48. The molecule has 0 aromatic heterocycles. The minimum absolute atomic E-state index is 0.0611. The van der Waals surface area contributed by atoms with Gasteiger partial charge in [-0.05, 0) is 36.4 Å². The van der Waals surface area contributed by atoms with E-state index in [-0.39, 0.29) is 18.2 Å². The molecule has 1 saturated heterocycles. The maximum Gasteiger partial charge on any atom is 0.256 e. The molecule has 2 aromatic carbocycles. The van der Waals surface area contributed by atoms with Crippen molar-refractivity contribution in [2.45, 2.75) is 12.5 Å². The Bertz CT molecular complexity index is 795. The molecule has 0 saturated carbocycles. The first-order chi connectivity index (χ1) is 11.0. The van der Waals surface area contributed by atoms with Gasteiger partial charge in [-0.1, -0.05) is 40.9 Å². The fourth-order valence-corrected chi connectivity index (χ4v) is 2.90. The zero-order valence-corrected chi connectivity index (χ0v) is 14.0. The zero-order chi connectivity index (χ0) is 16.6. The van der Waals surface area contributed by atoms with E-state index in [2.05, 4.69) is 5.32 Å². The average Bonchev–Trinajstić information content (AvgIpc) is 2.77. The molecule has 1 fully saturated rings. The first-order valence-electron chi connectivity index (χ1n) is 6.79. The van der Waals surface area contributed by atoms with Crippen molar-refractivity contribution >= 4 is 58.0 Å². The van der Waals surface area contributed by atoms with Crippen LogP contribution >= 0.6 is 34.8 Å². The highest BCUT2D eigenvalue weighted by atomic mass is 35.5. The fourth-order valence-electron chi connectivity index (χ4n) is 2.42. The van der Waals surface area contributed by atoms with E-state index in [1.807, 2.05) is 0 Å². The molecule has 23 heavy (non-hydrogen) atoms. The van der Waals surface area contributed by atoms with E-state index >= 15 is 0 Å². The molecule has 1 aliphatic heterocycles. The van der Waals surface area contributed by atoms with Crippen molar-refractivity contribution in [1.29, 1.82) is 0 Å². The van der Waals surface area contributed by atoms with Crippen LogP contribution in [0.25, 0.3) is 0 Å². The quantitative estimate of drug-likeness (QED) is 0.816. The fraction of sp³-hybridized carbons (Fsp3) is 0.125. The minimum atomic E-state index is -0.654. The highest BCUT2D eigenvalue weighted by Crippen LogP contribution is 2.29. The first kappa shape index (κ1) is 16.1. The molecule has 2 aromatic rings. The van der Waals surface area contributed by atoms with E-state index in [1.165, 1.54) is 0 Å².